The van der Waals surface area contributed by atoms with Crippen LogP contribution in [-0.2, 0) is 14.3 Å². The van der Waals surface area contributed by atoms with Crippen molar-refractivity contribution in [1.82, 2.24) is 0 Å². The maximum absolute atomic E-state index is 11.3. The fourth-order valence-electron chi connectivity index (χ4n) is 1.25. The first-order valence-electron chi connectivity index (χ1n) is 6.00. The number of rotatable bonds is 8. The maximum Gasteiger partial charge on any atom is 0.331 e. The van der Waals surface area contributed by atoms with Crippen molar-refractivity contribution < 1.29 is 14.3 Å². The van der Waals surface area contributed by atoms with E-state index in [1.165, 1.54) is 0 Å². The standard InChI is InChI=1S/C12H21ClO3/c1-3-5-7-9-11(14)16-12(15)10(13)8-6-4-2/h10H,3-9H2,1-2H3. The lowest BCUT2D eigenvalue weighted by Gasteiger charge is -2.07. The Balaban J connectivity index is 3.72. The van der Waals surface area contributed by atoms with Crippen LogP contribution in [0.25, 0.3) is 0 Å². The van der Waals surface area contributed by atoms with Gasteiger partial charge in [-0.25, -0.2) is 4.79 Å². The van der Waals surface area contributed by atoms with Gasteiger partial charge in [0.05, 0.1) is 0 Å². The molecular weight excluding hydrogens is 228 g/mol. The third-order valence-electron chi connectivity index (χ3n) is 2.27. The largest absolute Gasteiger partial charge is 0.392 e. The van der Waals surface area contributed by atoms with Gasteiger partial charge < -0.3 is 4.74 Å². The average molecular weight is 249 g/mol. The maximum atomic E-state index is 11.3. The Morgan fingerprint density at radius 3 is 2.31 bits per heavy atom. The molecule has 4 heteroatoms. The first-order chi connectivity index (χ1) is 7.61. The molecule has 1 unspecified atom stereocenters. The predicted octanol–water partition coefficient (Wildman–Crippen LogP) is 3.43. The van der Waals surface area contributed by atoms with Gasteiger partial charge in [-0.3, -0.25) is 4.79 Å². The van der Waals surface area contributed by atoms with Crippen LogP contribution in [0.4, 0.5) is 0 Å². The Hall–Kier alpha value is -0.570. The number of unbranched alkanes of at least 4 members (excludes halogenated alkanes) is 3. The van der Waals surface area contributed by atoms with E-state index in [1.807, 2.05) is 6.92 Å². The van der Waals surface area contributed by atoms with E-state index >= 15 is 0 Å². The molecular formula is C12H21ClO3. The van der Waals surface area contributed by atoms with Crippen molar-refractivity contribution >= 4 is 23.5 Å². The fourth-order valence-corrected chi connectivity index (χ4v) is 1.45. The van der Waals surface area contributed by atoms with Gasteiger partial charge in [0.25, 0.3) is 0 Å². The second-order valence-corrected chi connectivity index (χ2v) is 4.39. The molecule has 0 radical (unpaired) electrons. The molecule has 0 heterocycles. The zero-order valence-electron chi connectivity index (χ0n) is 10.1. The first kappa shape index (κ1) is 15.4. The van der Waals surface area contributed by atoms with Crippen molar-refractivity contribution in [3.8, 4) is 0 Å². The molecule has 0 spiro atoms. The summed E-state index contributed by atoms with van der Waals surface area (Å²) in [5.74, 6) is -1.06. The number of esters is 2. The average Bonchev–Trinajstić information content (AvgIpc) is 2.26. The highest BCUT2D eigenvalue weighted by Crippen LogP contribution is 2.10. The summed E-state index contributed by atoms with van der Waals surface area (Å²) in [5, 5.41) is -0.685. The van der Waals surface area contributed by atoms with Crippen LogP contribution in [0.15, 0.2) is 0 Å². The van der Waals surface area contributed by atoms with E-state index in [0.29, 0.717) is 12.8 Å². The number of hydrogen-bond acceptors (Lipinski definition) is 3. The Morgan fingerprint density at radius 1 is 1.12 bits per heavy atom. The summed E-state index contributed by atoms with van der Waals surface area (Å²) in [4.78, 5) is 22.5. The number of carbonyl (C=O) groups is 2. The first-order valence-corrected chi connectivity index (χ1v) is 6.44. The minimum Gasteiger partial charge on any atom is -0.392 e. The van der Waals surface area contributed by atoms with Crippen LogP contribution in [0.3, 0.4) is 0 Å². The summed E-state index contributed by atoms with van der Waals surface area (Å²) in [6, 6.07) is 0. The minimum absolute atomic E-state index is 0.303. The van der Waals surface area contributed by atoms with Crippen LogP contribution in [0.5, 0.6) is 0 Å². The molecule has 0 aliphatic heterocycles. The van der Waals surface area contributed by atoms with E-state index in [4.69, 9.17) is 11.6 Å². The molecule has 0 aromatic rings. The van der Waals surface area contributed by atoms with Crippen LogP contribution in [0, 0.1) is 0 Å². The molecule has 0 aromatic carbocycles. The van der Waals surface area contributed by atoms with Crippen molar-refractivity contribution in [2.24, 2.45) is 0 Å². The molecule has 94 valence electrons. The normalized spacial score (nSPS) is 12.2. The Bertz CT molecular complexity index is 216. The summed E-state index contributed by atoms with van der Waals surface area (Å²) in [5.41, 5.74) is 0. The predicted molar refractivity (Wildman–Crippen MR) is 64.4 cm³/mol. The van der Waals surface area contributed by atoms with Crippen LogP contribution < -0.4 is 0 Å². The molecule has 1 atom stereocenters. The molecule has 16 heavy (non-hydrogen) atoms. The summed E-state index contributed by atoms with van der Waals surface area (Å²) in [6.07, 6.45) is 5.49. The second kappa shape index (κ2) is 9.64. The lowest BCUT2D eigenvalue weighted by Crippen LogP contribution is -2.21. The molecule has 0 rings (SSSR count). The number of alkyl halides is 1. The SMILES string of the molecule is CCCCCC(=O)OC(=O)C(Cl)CCCC. The molecule has 0 saturated carbocycles. The molecule has 3 nitrogen and oxygen atoms in total. The molecule has 0 amide bonds. The van der Waals surface area contributed by atoms with Gasteiger partial charge in [0.15, 0.2) is 0 Å². The number of hydrogen-bond donors (Lipinski definition) is 0. The summed E-state index contributed by atoms with van der Waals surface area (Å²) in [7, 11) is 0. The molecule has 0 aliphatic rings. The molecule has 0 bridgehead atoms. The van der Waals surface area contributed by atoms with Gasteiger partial charge in [0, 0.05) is 6.42 Å². The van der Waals surface area contributed by atoms with Crippen LogP contribution >= 0.6 is 11.6 Å². The zero-order chi connectivity index (χ0) is 12.4. The molecule has 0 aliphatic carbocycles. The third-order valence-corrected chi connectivity index (χ3v) is 2.66. The Morgan fingerprint density at radius 2 is 1.75 bits per heavy atom. The van der Waals surface area contributed by atoms with Gasteiger partial charge in [-0.2, -0.15) is 0 Å². The number of ether oxygens (including phenoxy) is 1. The summed E-state index contributed by atoms with van der Waals surface area (Å²) >= 11 is 5.79. The van der Waals surface area contributed by atoms with Gasteiger partial charge >= 0.3 is 11.9 Å². The summed E-state index contributed by atoms with van der Waals surface area (Å²) in [6.45, 7) is 4.07. The molecule has 0 fully saturated rings. The van der Waals surface area contributed by atoms with Crippen molar-refractivity contribution in [3.63, 3.8) is 0 Å². The smallest absolute Gasteiger partial charge is 0.331 e. The third kappa shape index (κ3) is 7.69. The second-order valence-electron chi connectivity index (χ2n) is 3.86. The highest BCUT2D eigenvalue weighted by atomic mass is 35.5. The van der Waals surface area contributed by atoms with Crippen molar-refractivity contribution in [1.29, 1.82) is 0 Å². The highest BCUT2D eigenvalue weighted by molar-refractivity contribution is 6.30. The topological polar surface area (TPSA) is 43.4 Å². The van der Waals surface area contributed by atoms with Gasteiger partial charge in [0.2, 0.25) is 0 Å². The summed E-state index contributed by atoms with van der Waals surface area (Å²) < 4.78 is 4.65. The van der Waals surface area contributed by atoms with Crippen LogP contribution in [0.2, 0.25) is 0 Å². The molecule has 0 N–H and O–H groups in total. The van der Waals surface area contributed by atoms with E-state index < -0.39 is 17.3 Å². The van der Waals surface area contributed by atoms with Crippen LogP contribution in [0.1, 0.15) is 58.8 Å². The van der Waals surface area contributed by atoms with Crippen LogP contribution in [-0.4, -0.2) is 17.3 Å². The number of halogens is 1. The van der Waals surface area contributed by atoms with Crippen molar-refractivity contribution in [2.75, 3.05) is 0 Å². The van der Waals surface area contributed by atoms with Crippen molar-refractivity contribution in [2.45, 2.75) is 64.2 Å². The monoisotopic (exact) mass is 248 g/mol. The minimum atomic E-state index is -0.685. The Kier molecular flexibility index (Phi) is 9.30. The van der Waals surface area contributed by atoms with E-state index in [1.54, 1.807) is 0 Å². The van der Waals surface area contributed by atoms with E-state index in [-0.39, 0.29) is 0 Å². The van der Waals surface area contributed by atoms with Gasteiger partial charge in [-0.1, -0.05) is 39.5 Å². The lowest BCUT2D eigenvalue weighted by atomic mass is 10.2. The quantitative estimate of drug-likeness (QED) is 0.286. The highest BCUT2D eigenvalue weighted by Gasteiger charge is 2.19. The van der Waals surface area contributed by atoms with Crippen molar-refractivity contribution in [3.05, 3.63) is 0 Å². The van der Waals surface area contributed by atoms with Gasteiger partial charge in [-0.15, -0.1) is 11.6 Å². The van der Waals surface area contributed by atoms with E-state index in [9.17, 15) is 9.59 Å². The van der Waals surface area contributed by atoms with Gasteiger partial charge in [-0.05, 0) is 12.8 Å². The fraction of sp³-hybridized carbons (Fsp3) is 0.833. The van der Waals surface area contributed by atoms with E-state index in [2.05, 4.69) is 11.7 Å². The Labute approximate surface area is 102 Å². The zero-order valence-corrected chi connectivity index (χ0v) is 10.9. The molecule has 0 aromatic heterocycles. The van der Waals surface area contributed by atoms with Gasteiger partial charge in [0.1, 0.15) is 5.38 Å². The van der Waals surface area contributed by atoms with E-state index in [0.717, 1.165) is 32.1 Å². The molecule has 0 saturated heterocycles. The lowest BCUT2D eigenvalue weighted by molar-refractivity contribution is -0.159. The number of carbonyl (C=O) groups excluding carboxylic acids is 2.